The molecule has 0 heterocycles. The lowest BCUT2D eigenvalue weighted by Gasteiger charge is -2.24. The van der Waals surface area contributed by atoms with Crippen molar-refractivity contribution in [2.45, 2.75) is 45.4 Å². The quantitative estimate of drug-likeness (QED) is 0.635. The highest BCUT2D eigenvalue weighted by Gasteiger charge is 2.39. The van der Waals surface area contributed by atoms with E-state index < -0.39 is 0 Å². The van der Waals surface area contributed by atoms with Gasteiger partial charge in [0.25, 0.3) is 0 Å². The molecule has 3 atom stereocenters. The van der Waals surface area contributed by atoms with Crippen molar-refractivity contribution in [1.82, 2.24) is 0 Å². The maximum Gasteiger partial charge on any atom is 0.308 e. The van der Waals surface area contributed by atoms with Crippen LogP contribution in [0.1, 0.15) is 45.4 Å². The maximum absolute atomic E-state index is 11.6. The molecule has 2 rings (SSSR count). The summed E-state index contributed by atoms with van der Waals surface area (Å²) in [6, 6.07) is 0. The Hall–Kier alpha value is -0.530. The van der Waals surface area contributed by atoms with Crippen molar-refractivity contribution in [3.8, 4) is 0 Å². The molecule has 0 aromatic carbocycles. The first-order chi connectivity index (χ1) is 6.81. The van der Waals surface area contributed by atoms with Gasteiger partial charge in [0.15, 0.2) is 0 Å². The van der Waals surface area contributed by atoms with Gasteiger partial charge in [-0.1, -0.05) is 25.7 Å². The zero-order valence-electron chi connectivity index (χ0n) is 9.00. The fraction of sp³-hybridized carbons (Fsp3) is 0.917. The SMILES string of the molecule is CCOC(=O)[C@H]1C[C@H]2CCCC[C@H]2C1. The molecule has 0 unspecified atom stereocenters. The van der Waals surface area contributed by atoms with Crippen LogP contribution in [0.15, 0.2) is 0 Å². The summed E-state index contributed by atoms with van der Waals surface area (Å²) in [6.07, 6.45) is 7.64. The summed E-state index contributed by atoms with van der Waals surface area (Å²) >= 11 is 0. The molecule has 0 N–H and O–H groups in total. The Morgan fingerprint density at radius 3 is 2.29 bits per heavy atom. The van der Waals surface area contributed by atoms with E-state index in [1.165, 1.54) is 25.7 Å². The number of rotatable bonds is 2. The molecule has 0 aromatic rings. The topological polar surface area (TPSA) is 26.3 Å². The summed E-state index contributed by atoms with van der Waals surface area (Å²) in [4.78, 5) is 11.6. The molecule has 2 fully saturated rings. The highest BCUT2D eigenvalue weighted by atomic mass is 16.5. The molecule has 14 heavy (non-hydrogen) atoms. The predicted octanol–water partition coefficient (Wildman–Crippen LogP) is 2.77. The van der Waals surface area contributed by atoms with Crippen LogP contribution in [0.5, 0.6) is 0 Å². The van der Waals surface area contributed by atoms with Crippen molar-refractivity contribution in [3.63, 3.8) is 0 Å². The summed E-state index contributed by atoms with van der Waals surface area (Å²) in [7, 11) is 0. The van der Waals surface area contributed by atoms with Gasteiger partial charge in [-0.15, -0.1) is 0 Å². The first kappa shape index (κ1) is 10.0. The van der Waals surface area contributed by atoms with Crippen LogP contribution < -0.4 is 0 Å². The zero-order chi connectivity index (χ0) is 9.97. The highest BCUT2D eigenvalue weighted by molar-refractivity contribution is 5.72. The molecule has 2 nitrogen and oxygen atoms in total. The fourth-order valence-electron chi connectivity index (χ4n) is 3.18. The molecule has 0 saturated heterocycles. The lowest BCUT2D eigenvalue weighted by atomic mass is 9.82. The van der Waals surface area contributed by atoms with Crippen molar-refractivity contribution in [2.75, 3.05) is 6.61 Å². The van der Waals surface area contributed by atoms with Crippen LogP contribution in [0, 0.1) is 17.8 Å². The van der Waals surface area contributed by atoms with Crippen LogP contribution >= 0.6 is 0 Å². The van der Waals surface area contributed by atoms with Gasteiger partial charge in [-0.25, -0.2) is 0 Å². The molecule has 0 aliphatic heterocycles. The minimum atomic E-state index is 0.0573. The standard InChI is InChI=1S/C12H20O2/c1-2-14-12(13)11-7-9-5-3-4-6-10(9)8-11/h9-11H,2-8H2,1H3/t9-,10+,11+. The minimum Gasteiger partial charge on any atom is -0.466 e. The fourth-order valence-corrected chi connectivity index (χ4v) is 3.18. The van der Waals surface area contributed by atoms with Crippen LogP contribution in [-0.2, 0) is 9.53 Å². The van der Waals surface area contributed by atoms with Gasteiger partial charge in [0.1, 0.15) is 0 Å². The Kier molecular flexibility index (Phi) is 3.09. The number of ether oxygens (including phenoxy) is 1. The summed E-state index contributed by atoms with van der Waals surface area (Å²) < 4.78 is 5.09. The summed E-state index contributed by atoms with van der Waals surface area (Å²) in [5.74, 6) is 1.95. The van der Waals surface area contributed by atoms with Gasteiger partial charge < -0.3 is 4.74 Å². The van der Waals surface area contributed by atoms with Crippen LogP contribution in [0.25, 0.3) is 0 Å². The third kappa shape index (κ3) is 1.94. The average molecular weight is 196 g/mol. The summed E-state index contributed by atoms with van der Waals surface area (Å²) in [6.45, 7) is 2.42. The first-order valence-electron chi connectivity index (χ1n) is 5.98. The van der Waals surface area contributed by atoms with E-state index in [1.54, 1.807) is 0 Å². The molecule has 2 aliphatic rings. The smallest absolute Gasteiger partial charge is 0.308 e. The molecule has 0 radical (unpaired) electrons. The molecule has 0 amide bonds. The van der Waals surface area contributed by atoms with Crippen molar-refractivity contribution in [1.29, 1.82) is 0 Å². The molecule has 0 aromatic heterocycles. The lowest BCUT2D eigenvalue weighted by molar-refractivity contribution is -0.147. The molecular weight excluding hydrogens is 176 g/mol. The van der Waals surface area contributed by atoms with E-state index in [0.29, 0.717) is 6.61 Å². The van der Waals surface area contributed by atoms with Crippen molar-refractivity contribution in [2.24, 2.45) is 17.8 Å². The molecule has 0 bridgehead atoms. The van der Waals surface area contributed by atoms with E-state index in [2.05, 4.69) is 0 Å². The average Bonchev–Trinajstić information content (AvgIpc) is 2.61. The minimum absolute atomic E-state index is 0.0573. The number of hydrogen-bond acceptors (Lipinski definition) is 2. The zero-order valence-corrected chi connectivity index (χ0v) is 9.00. The van der Waals surface area contributed by atoms with Crippen LogP contribution in [0.3, 0.4) is 0 Å². The summed E-state index contributed by atoms with van der Waals surface area (Å²) in [5, 5.41) is 0. The Morgan fingerprint density at radius 1 is 1.21 bits per heavy atom. The van der Waals surface area contributed by atoms with Crippen molar-refractivity contribution in [3.05, 3.63) is 0 Å². The van der Waals surface area contributed by atoms with Gasteiger partial charge in [-0.3, -0.25) is 4.79 Å². The number of fused-ring (bicyclic) bond motifs is 1. The van der Waals surface area contributed by atoms with E-state index in [4.69, 9.17) is 4.74 Å². The normalized spacial score (nSPS) is 36.5. The Balaban J connectivity index is 1.89. The van der Waals surface area contributed by atoms with Crippen molar-refractivity contribution < 1.29 is 9.53 Å². The monoisotopic (exact) mass is 196 g/mol. The molecule has 2 saturated carbocycles. The van der Waals surface area contributed by atoms with E-state index in [1.807, 2.05) is 6.92 Å². The lowest BCUT2D eigenvalue weighted by Crippen LogP contribution is -2.14. The number of esters is 1. The second-order valence-electron chi connectivity index (χ2n) is 4.72. The molecule has 2 heteroatoms. The Labute approximate surface area is 86.0 Å². The van der Waals surface area contributed by atoms with Crippen LogP contribution in [0.2, 0.25) is 0 Å². The molecule has 2 aliphatic carbocycles. The van der Waals surface area contributed by atoms with E-state index >= 15 is 0 Å². The predicted molar refractivity (Wildman–Crippen MR) is 54.8 cm³/mol. The summed E-state index contributed by atoms with van der Waals surface area (Å²) in [5.41, 5.74) is 0. The maximum atomic E-state index is 11.6. The van der Waals surface area contributed by atoms with E-state index in [-0.39, 0.29) is 11.9 Å². The molecule has 0 spiro atoms. The highest BCUT2D eigenvalue weighted by Crippen LogP contribution is 2.45. The van der Waals surface area contributed by atoms with Crippen LogP contribution in [0.4, 0.5) is 0 Å². The van der Waals surface area contributed by atoms with Gasteiger partial charge in [0, 0.05) is 0 Å². The van der Waals surface area contributed by atoms with Gasteiger partial charge >= 0.3 is 5.97 Å². The van der Waals surface area contributed by atoms with Gasteiger partial charge in [0.05, 0.1) is 12.5 Å². The number of hydrogen-bond donors (Lipinski definition) is 0. The second kappa shape index (κ2) is 4.33. The van der Waals surface area contributed by atoms with E-state index in [9.17, 15) is 4.79 Å². The molecular formula is C12H20O2. The first-order valence-corrected chi connectivity index (χ1v) is 5.98. The Morgan fingerprint density at radius 2 is 1.79 bits per heavy atom. The van der Waals surface area contributed by atoms with Crippen LogP contribution in [-0.4, -0.2) is 12.6 Å². The van der Waals surface area contributed by atoms with Gasteiger partial charge in [-0.2, -0.15) is 0 Å². The molecule has 80 valence electrons. The number of carbonyl (C=O) groups excluding carboxylic acids is 1. The van der Waals surface area contributed by atoms with Gasteiger partial charge in [-0.05, 0) is 31.6 Å². The third-order valence-corrected chi connectivity index (χ3v) is 3.86. The Bertz CT molecular complexity index is 198. The number of carbonyl (C=O) groups is 1. The van der Waals surface area contributed by atoms with Gasteiger partial charge in [0.2, 0.25) is 0 Å². The second-order valence-corrected chi connectivity index (χ2v) is 4.72. The largest absolute Gasteiger partial charge is 0.466 e. The van der Waals surface area contributed by atoms with Crippen molar-refractivity contribution >= 4 is 5.97 Å². The third-order valence-electron chi connectivity index (χ3n) is 3.86. The van der Waals surface area contributed by atoms with E-state index in [0.717, 1.165) is 24.7 Å².